The van der Waals surface area contributed by atoms with Crippen LogP contribution in [-0.2, 0) is 6.42 Å². The molecule has 0 bridgehead atoms. The summed E-state index contributed by atoms with van der Waals surface area (Å²) in [6, 6.07) is 24.3. The van der Waals surface area contributed by atoms with Crippen LogP contribution in [0.1, 0.15) is 67.7 Å². The molecule has 1 aliphatic rings. The van der Waals surface area contributed by atoms with Crippen molar-refractivity contribution < 1.29 is 23.0 Å². The third kappa shape index (κ3) is 7.83. The molecule has 4 rings (SSSR count). The number of aryl methyl sites for hydroxylation is 1. The molecular formula is C32H35F3O2S. The summed E-state index contributed by atoms with van der Waals surface area (Å²) in [7, 11) is 0. The van der Waals surface area contributed by atoms with Crippen LogP contribution in [0.25, 0.3) is 11.1 Å². The molecule has 0 fully saturated rings. The van der Waals surface area contributed by atoms with E-state index in [2.05, 4.69) is 43.3 Å². The molecule has 38 heavy (non-hydrogen) atoms. The summed E-state index contributed by atoms with van der Waals surface area (Å²) in [4.78, 5) is 0. The number of hydrogen-bond donors (Lipinski definition) is 1. The zero-order valence-electron chi connectivity index (χ0n) is 21.8. The van der Waals surface area contributed by atoms with Crippen molar-refractivity contribution in [2.24, 2.45) is 0 Å². The Balaban J connectivity index is 1.47. The predicted molar refractivity (Wildman–Crippen MR) is 152 cm³/mol. The normalized spacial score (nSPS) is 14.6. The lowest BCUT2D eigenvalue weighted by molar-refractivity contribution is -0.134. The van der Waals surface area contributed by atoms with Gasteiger partial charge in [-0.05, 0) is 102 Å². The highest BCUT2D eigenvalue weighted by atomic mass is 32.2. The second kappa shape index (κ2) is 13.3. The Morgan fingerprint density at radius 3 is 2.42 bits per heavy atom. The van der Waals surface area contributed by atoms with E-state index in [1.165, 1.54) is 16.7 Å². The first-order chi connectivity index (χ1) is 18.3. The van der Waals surface area contributed by atoms with Gasteiger partial charge >= 0.3 is 6.18 Å². The van der Waals surface area contributed by atoms with Crippen LogP contribution in [0, 0.1) is 0 Å². The number of fused-ring (bicyclic) bond motifs is 1. The fourth-order valence-corrected chi connectivity index (χ4v) is 6.13. The SMILES string of the molecule is CCC(CCOc1ccc(C2=C(c3ccccc3)CCCc3cc(O)ccc32)cc1)SCCCC(F)(F)F. The molecule has 0 amide bonds. The van der Waals surface area contributed by atoms with Crippen molar-refractivity contribution in [1.29, 1.82) is 0 Å². The fraction of sp³-hybridized carbons (Fsp3) is 0.375. The van der Waals surface area contributed by atoms with E-state index in [0.717, 1.165) is 54.5 Å². The summed E-state index contributed by atoms with van der Waals surface area (Å²) in [6.45, 7) is 2.60. The van der Waals surface area contributed by atoms with E-state index in [0.29, 0.717) is 23.4 Å². The van der Waals surface area contributed by atoms with E-state index in [1.807, 2.05) is 30.3 Å². The van der Waals surface area contributed by atoms with Crippen LogP contribution in [-0.4, -0.2) is 28.9 Å². The zero-order valence-corrected chi connectivity index (χ0v) is 22.6. The van der Waals surface area contributed by atoms with Crippen molar-refractivity contribution >= 4 is 22.9 Å². The van der Waals surface area contributed by atoms with Gasteiger partial charge in [0.1, 0.15) is 11.5 Å². The Labute approximate surface area is 227 Å². The highest BCUT2D eigenvalue weighted by Gasteiger charge is 2.26. The van der Waals surface area contributed by atoms with Crippen LogP contribution in [0.5, 0.6) is 11.5 Å². The van der Waals surface area contributed by atoms with E-state index in [1.54, 1.807) is 17.8 Å². The van der Waals surface area contributed by atoms with Crippen LogP contribution >= 0.6 is 11.8 Å². The fourth-order valence-electron chi connectivity index (χ4n) is 4.99. The Morgan fingerprint density at radius 1 is 0.947 bits per heavy atom. The second-order valence-electron chi connectivity index (χ2n) is 9.70. The van der Waals surface area contributed by atoms with Crippen molar-refractivity contribution in [2.75, 3.05) is 12.4 Å². The summed E-state index contributed by atoms with van der Waals surface area (Å²) in [5.74, 6) is 1.59. The highest BCUT2D eigenvalue weighted by molar-refractivity contribution is 7.99. The average molecular weight is 541 g/mol. The molecular weight excluding hydrogens is 505 g/mol. The molecule has 0 aromatic heterocycles. The number of thioether (sulfide) groups is 1. The maximum Gasteiger partial charge on any atom is 0.389 e. The summed E-state index contributed by atoms with van der Waals surface area (Å²) < 4.78 is 43.1. The van der Waals surface area contributed by atoms with Gasteiger partial charge in [-0.25, -0.2) is 0 Å². The van der Waals surface area contributed by atoms with Crippen molar-refractivity contribution in [3.63, 3.8) is 0 Å². The maximum atomic E-state index is 12.4. The summed E-state index contributed by atoms with van der Waals surface area (Å²) in [5.41, 5.74) is 7.12. The molecule has 1 aliphatic carbocycles. The van der Waals surface area contributed by atoms with Crippen LogP contribution in [0.4, 0.5) is 13.2 Å². The van der Waals surface area contributed by atoms with E-state index < -0.39 is 12.6 Å². The highest BCUT2D eigenvalue weighted by Crippen LogP contribution is 2.41. The number of phenols is 1. The third-order valence-electron chi connectivity index (χ3n) is 6.92. The molecule has 0 saturated heterocycles. The lowest BCUT2D eigenvalue weighted by atomic mass is 9.88. The molecule has 3 aromatic carbocycles. The predicted octanol–water partition coefficient (Wildman–Crippen LogP) is 9.31. The number of phenolic OH excluding ortho intramolecular Hbond substituents is 1. The van der Waals surface area contributed by atoms with Gasteiger partial charge in [0.05, 0.1) is 6.61 Å². The van der Waals surface area contributed by atoms with Crippen molar-refractivity contribution in [3.8, 4) is 11.5 Å². The van der Waals surface area contributed by atoms with Crippen LogP contribution in [0.2, 0.25) is 0 Å². The first-order valence-corrected chi connectivity index (χ1v) is 14.4. The number of allylic oxidation sites excluding steroid dienone is 1. The molecule has 0 heterocycles. The minimum absolute atomic E-state index is 0.163. The zero-order chi connectivity index (χ0) is 27.0. The molecule has 202 valence electrons. The molecule has 1 N–H and O–H groups in total. The largest absolute Gasteiger partial charge is 0.508 e. The van der Waals surface area contributed by atoms with E-state index in [9.17, 15) is 18.3 Å². The van der Waals surface area contributed by atoms with Crippen molar-refractivity contribution in [3.05, 3.63) is 95.1 Å². The summed E-state index contributed by atoms with van der Waals surface area (Å²) in [6.07, 6.45) is -0.0404. The van der Waals surface area contributed by atoms with Gasteiger partial charge in [0.25, 0.3) is 0 Å². The molecule has 0 aliphatic heterocycles. The molecule has 0 saturated carbocycles. The first kappa shape index (κ1) is 28.2. The Kier molecular flexibility index (Phi) is 9.84. The molecule has 2 nitrogen and oxygen atoms in total. The lowest BCUT2D eigenvalue weighted by Crippen LogP contribution is -2.11. The van der Waals surface area contributed by atoms with Gasteiger partial charge < -0.3 is 9.84 Å². The van der Waals surface area contributed by atoms with E-state index >= 15 is 0 Å². The van der Waals surface area contributed by atoms with E-state index in [4.69, 9.17) is 4.74 Å². The maximum absolute atomic E-state index is 12.4. The number of rotatable bonds is 11. The minimum atomic E-state index is -4.07. The van der Waals surface area contributed by atoms with Crippen molar-refractivity contribution in [2.45, 2.75) is 63.3 Å². The topological polar surface area (TPSA) is 29.5 Å². The molecule has 1 unspecified atom stereocenters. The molecule has 0 radical (unpaired) electrons. The number of benzene rings is 3. The molecule has 0 spiro atoms. The molecule has 6 heteroatoms. The smallest absolute Gasteiger partial charge is 0.389 e. The third-order valence-corrected chi connectivity index (χ3v) is 8.48. The number of halogens is 3. The quantitative estimate of drug-likeness (QED) is 0.246. The molecule has 1 atom stereocenters. The monoisotopic (exact) mass is 540 g/mol. The van der Waals surface area contributed by atoms with Gasteiger partial charge in [-0.1, -0.05) is 55.5 Å². The minimum Gasteiger partial charge on any atom is -0.508 e. The van der Waals surface area contributed by atoms with Gasteiger partial charge in [-0.15, -0.1) is 0 Å². The van der Waals surface area contributed by atoms with Gasteiger partial charge in [0.15, 0.2) is 0 Å². The summed E-state index contributed by atoms with van der Waals surface area (Å²) in [5, 5.41) is 10.4. The van der Waals surface area contributed by atoms with Gasteiger partial charge in [0.2, 0.25) is 0 Å². The number of ether oxygens (including phenoxy) is 1. The Bertz CT molecular complexity index is 1200. The average Bonchev–Trinajstić information content (AvgIpc) is 3.09. The number of aromatic hydroxyl groups is 1. The van der Waals surface area contributed by atoms with Gasteiger partial charge in [-0.3, -0.25) is 0 Å². The Hall–Kier alpha value is -2.86. The standard InChI is InChI=1S/C32H35F3O2S/c1-2-28(38-21-7-19-32(33,34)35)18-20-37-27-15-12-24(13-16-27)31-29(23-8-4-3-5-9-23)11-6-10-25-22-26(36)14-17-30(25)31/h3-5,8-9,12-17,22,28,36H,2,6-7,10-11,18-21H2,1H3. The number of hydrogen-bond acceptors (Lipinski definition) is 3. The summed E-state index contributed by atoms with van der Waals surface area (Å²) >= 11 is 1.61. The van der Waals surface area contributed by atoms with Crippen molar-refractivity contribution in [1.82, 2.24) is 0 Å². The first-order valence-electron chi connectivity index (χ1n) is 13.4. The van der Waals surface area contributed by atoms with Crippen LogP contribution in [0.3, 0.4) is 0 Å². The van der Waals surface area contributed by atoms with E-state index in [-0.39, 0.29) is 6.42 Å². The second-order valence-corrected chi connectivity index (χ2v) is 11.1. The lowest BCUT2D eigenvalue weighted by Gasteiger charge is -2.18. The van der Waals surface area contributed by atoms with Crippen LogP contribution < -0.4 is 4.74 Å². The van der Waals surface area contributed by atoms with Gasteiger partial charge in [-0.2, -0.15) is 24.9 Å². The van der Waals surface area contributed by atoms with Gasteiger partial charge in [0, 0.05) is 11.7 Å². The molecule has 3 aromatic rings. The van der Waals surface area contributed by atoms with Crippen LogP contribution in [0.15, 0.2) is 72.8 Å². The number of alkyl halides is 3. The Morgan fingerprint density at radius 2 is 1.71 bits per heavy atom.